The average molecular weight is 569 g/mol. The lowest BCUT2D eigenvalue weighted by Gasteiger charge is -2.36. The monoisotopic (exact) mass is 568 g/mol. The number of benzene rings is 1. The van der Waals surface area contributed by atoms with Gasteiger partial charge in [0.05, 0.1) is 22.8 Å². The van der Waals surface area contributed by atoms with Crippen LogP contribution in [-0.2, 0) is 4.79 Å². The molecule has 10 nitrogen and oxygen atoms in total. The first-order chi connectivity index (χ1) is 19.3. The number of aromatic nitrogens is 2. The first kappa shape index (κ1) is 29.6. The molecular formula is C29H37ClN6O4. The zero-order chi connectivity index (χ0) is 28.5. The van der Waals surface area contributed by atoms with Crippen LogP contribution in [-0.4, -0.2) is 70.4 Å². The Labute approximate surface area is 240 Å². The van der Waals surface area contributed by atoms with E-state index in [9.17, 15) is 14.7 Å². The molecule has 0 bridgehead atoms. The van der Waals surface area contributed by atoms with Crippen molar-refractivity contribution in [3.05, 3.63) is 46.6 Å². The van der Waals surface area contributed by atoms with Crippen LogP contribution in [0.1, 0.15) is 73.8 Å². The number of hydrogen-bond donors (Lipinski definition) is 2. The maximum Gasteiger partial charge on any atom is 0.269 e. The standard InChI is InChI=1S/C16H23N5O3.C13H14ClNO/c17-15(23)13-1-2-14(19-18-13)20-7-3-11(4-8-20)16(24)21-9-5-12(22)6-10-21;14-13-8-12(7-6-10(13)9-15)16-11-4-2-1-3-5-11/h1-2,11-12,22H,3-10H2,(H2,17,23);6-8,11H,1-5H2. The SMILES string of the molecule is N#Cc1ccc(OC2CCCCC2)cc1Cl.NC(=O)c1ccc(N2CCC(C(=O)N3CCC(O)CC3)CC2)nn1. The Hall–Kier alpha value is -3.42. The summed E-state index contributed by atoms with van der Waals surface area (Å²) in [6.07, 6.45) is 9.00. The van der Waals surface area contributed by atoms with Gasteiger partial charge in [0.2, 0.25) is 5.91 Å². The van der Waals surface area contributed by atoms with Crippen LogP contribution in [0.25, 0.3) is 0 Å². The van der Waals surface area contributed by atoms with E-state index < -0.39 is 5.91 Å². The lowest BCUT2D eigenvalue weighted by molar-refractivity contribution is -0.138. The van der Waals surface area contributed by atoms with Crippen molar-refractivity contribution in [2.75, 3.05) is 31.1 Å². The first-order valence-electron chi connectivity index (χ1n) is 14.1. The van der Waals surface area contributed by atoms with Gasteiger partial charge in [0.1, 0.15) is 11.8 Å². The van der Waals surface area contributed by atoms with Crippen LogP contribution in [0.3, 0.4) is 0 Å². The van der Waals surface area contributed by atoms with E-state index >= 15 is 0 Å². The summed E-state index contributed by atoms with van der Waals surface area (Å²) in [6.45, 7) is 2.77. The van der Waals surface area contributed by atoms with Gasteiger partial charge in [-0.05, 0) is 75.6 Å². The van der Waals surface area contributed by atoms with Crippen molar-refractivity contribution in [1.82, 2.24) is 15.1 Å². The number of hydrogen-bond acceptors (Lipinski definition) is 8. The van der Waals surface area contributed by atoms with Crippen LogP contribution in [0.5, 0.6) is 5.75 Å². The van der Waals surface area contributed by atoms with Gasteiger partial charge < -0.3 is 25.4 Å². The highest BCUT2D eigenvalue weighted by Crippen LogP contribution is 2.27. The van der Waals surface area contributed by atoms with Crippen LogP contribution in [0.15, 0.2) is 30.3 Å². The van der Waals surface area contributed by atoms with Crippen molar-refractivity contribution in [3.8, 4) is 11.8 Å². The van der Waals surface area contributed by atoms with Crippen LogP contribution >= 0.6 is 11.6 Å². The van der Waals surface area contributed by atoms with Gasteiger partial charge in [0.25, 0.3) is 5.91 Å². The van der Waals surface area contributed by atoms with E-state index in [0.29, 0.717) is 48.4 Å². The molecule has 1 aromatic carbocycles. The number of nitriles is 1. The van der Waals surface area contributed by atoms with E-state index in [-0.39, 0.29) is 23.6 Å². The van der Waals surface area contributed by atoms with Gasteiger partial charge in [-0.1, -0.05) is 18.0 Å². The van der Waals surface area contributed by atoms with Crippen molar-refractivity contribution >= 4 is 29.2 Å². The summed E-state index contributed by atoms with van der Waals surface area (Å²) in [7, 11) is 0. The normalized spacial score (nSPS) is 18.8. The summed E-state index contributed by atoms with van der Waals surface area (Å²) in [5.41, 5.74) is 5.81. The second kappa shape index (κ2) is 14.3. The number of halogens is 1. The summed E-state index contributed by atoms with van der Waals surface area (Å²) in [5.74, 6) is 1.12. The van der Waals surface area contributed by atoms with Crippen molar-refractivity contribution in [3.63, 3.8) is 0 Å². The zero-order valence-electron chi connectivity index (χ0n) is 22.7. The number of primary amides is 1. The first-order valence-corrected chi connectivity index (χ1v) is 14.4. The largest absolute Gasteiger partial charge is 0.490 e. The molecule has 1 aromatic heterocycles. The molecule has 0 atom stereocenters. The molecule has 214 valence electrons. The second-order valence-corrected chi connectivity index (χ2v) is 11.0. The molecule has 1 saturated carbocycles. The number of nitrogens with two attached hydrogens (primary N) is 1. The van der Waals surface area contributed by atoms with Crippen molar-refractivity contribution in [2.24, 2.45) is 11.7 Å². The molecule has 0 radical (unpaired) electrons. The van der Waals surface area contributed by atoms with Crippen molar-refractivity contribution in [2.45, 2.75) is 70.0 Å². The number of nitrogens with zero attached hydrogens (tertiary/aromatic N) is 5. The zero-order valence-corrected chi connectivity index (χ0v) is 23.4. The van der Waals surface area contributed by atoms with E-state index in [4.69, 9.17) is 27.3 Å². The summed E-state index contributed by atoms with van der Waals surface area (Å²) < 4.78 is 5.84. The maximum atomic E-state index is 12.6. The lowest BCUT2D eigenvalue weighted by Crippen LogP contribution is -2.46. The Morgan fingerprint density at radius 1 is 0.975 bits per heavy atom. The number of ether oxygens (including phenoxy) is 1. The molecule has 3 heterocycles. The smallest absolute Gasteiger partial charge is 0.269 e. The summed E-state index contributed by atoms with van der Waals surface area (Å²) in [4.78, 5) is 27.5. The third-order valence-corrected chi connectivity index (χ3v) is 8.08. The topological polar surface area (TPSA) is 146 Å². The number of amides is 2. The fourth-order valence-electron chi connectivity index (χ4n) is 5.36. The predicted octanol–water partition coefficient (Wildman–Crippen LogP) is 3.70. The third-order valence-electron chi connectivity index (χ3n) is 7.76. The summed E-state index contributed by atoms with van der Waals surface area (Å²) >= 11 is 5.94. The van der Waals surface area contributed by atoms with Crippen molar-refractivity contribution < 1.29 is 19.4 Å². The minimum Gasteiger partial charge on any atom is -0.490 e. The van der Waals surface area contributed by atoms with E-state index in [1.165, 1.54) is 19.3 Å². The fraction of sp³-hybridized carbons (Fsp3) is 0.552. The molecule has 3 fully saturated rings. The summed E-state index contributed by atoms with van der Waals surface area (Å²) in [6, 6.07) is 10.6. The highest BCUT2D eigenvalue weighted by molar-refractivity contribution is 6.31. The molecule has 2 saturated heterocycles. The molecule has 0 unspecified atom stereocenters. The Balaban J connectivity index is 0.000000201. The number of likely N-dealkylation sites (tertiary alicyclic amines) is 1. The lowest BCUT2D eigenvalue weighted by atomic mass is 9.94. The second-order valence-electron chi connectivity index (χ2n) is 10.6. The molecule has 2 amide bonds. The van der Waals surface area contributed by atoms with Gasteiger partial charge in [0, 0.05) is 38.2 Å². The third kappa shape index (κ3) is 8.05. The molecule has 3 N–H and O–H groups in total. The highest BCUT2D eigenvalue weighted by Gasteiger charge is 2.31. The molecule has 0 spiro atoms. The number of rotatable bonds is 5. The molecule has 2 aliphatic heterocycles. The van der Waals surface area contributed by atoms with Crippen LogP contribution < -0.4 is 15.4 Å². The van der Waals surface area contributed by atoms with Gasteiger partial charge in [0.15, 0.2) is 11.5 Å². The molecular weight excluding hydrogens is 532 g/mol. The molecule has 40 heavy (non-hydrogen) atoms. The minimum atomic E-state index is -0.593. The number of anilines is 1. The quantitative estimate of drug-likeness (QED) is 0.555. The predicted molar refractivity (Wildman–Crippen MR) is 151 cm³/mol. The number of aliphatic hydroxyl groups is 1. The molecule has 5 rings (SSSR count). The number of carbonyl (C=O) groups is 2. The Morgan fingerprint density at radius 3 is 2.25 bits per heavy atom. The van der Waals surface area contributed by atoms with E-state index in [1.807, 2.05) is 17.0 Å². The fourth-order valence-corrected chi connectivity index (χ4v) is 5.57. The van der Waals surface area contributed by atoms with Crippen LogP contribution in [0, 0.1) is 17.2 Å². The van der Waals surface area contributed by atoms with Crippen molar-refractivity contribution in [1.29, 1.82) is 5.26 Å². The highest BCUT2D eigenvalue weighted by atomic mass is 35.5. The van der Waals surface area contributed by atoms with Gasteiger partial charge in [-0.2, -0.15) is 5.26 Å². The van der Waals surface area contributed by atoms with Gasteiger partial charge >= 0.3 is 0 Å². The Bertz CT molecular complexity index is 1180. The Kier molecular flexibility index (Phi) is 10.6. The molecule has 2 aromatic rings. The Morgan fingerprint density at radius 2 is 1.68 bits per heavy atom. The number of aliphatic hydroxyl groups excluding tert-OH is 1. The van der Waals surface area contributed by atoms with E-state index in [1.54, 1.807) is 24.3 Å². The molecule has 1 aliphatic carbocycles. The maximum absolute atomic E-state index is 12.6. The molecule has 3 aliphatic rings. The average Bonchev–Trinajstić information content (AvgIpc) is 2.98. The minimum absolute atomic E-state index is 0.0364. The van der Waals surface area contributed by atoms with Gasteiger partial charge in [-0.3, -0.25) is 9.59 Å². The molecule has 11 heteroatoms. The number of carbonyl (C=O) groups excluding carboxylic acids is 2. The van der Waals surface area contributed by atoms with Gasteiger partial charge in [-0.25, -0.2) is 0 Å². The number of piperidine rings is 2. The van der Waals surface area contributed by atoms with E-state index in [2.05, 4.69) is 15.1 Å². The van der Waals surface area contributed by atoms with Gasteiger partial charge in [-0.15, -0.1) is 10.2 Å². The van der Waals surface area contributed by atoms with E-state index in [0.717, 1.165) is 44.5 Å². The van der Waals surface area contributed by atoms with Crippen LogP contribution in [0.4, 0.5) is 5.82 Å². The van der Waals surface area contributed by atoms with Crippen LogP contribution in [0.2, 0.25) is 5.02 Å². The summed E-state index contributed by atoms with van der Waals surface area (Å²) in [5, 5.41) is 26.6.